The van der Waals surface area contributed by atoms with Gasteiger partial charge in [0.05, 0.1) is 17.5 Å². The number of ether oxygens (including phenoxy) is 1. The lowest BCUT2D eigenvalue weighted by atomic mass is 10.2. The van der Waals surface area contributed by atoms with Gasteiger partial charge in [-0.2, -0.15) is 9.97 Å². The second-order valence-corrected chi connectivity index (χ2v) is 4.63. The van der Waals surface area contributed by atoms with Crippen LogP contribution in [0, 0.1) is 0 Å². The van der Waals surface area contributed by atoms with Gasteiger partial charge in [-0.25, -0.2) is 0 Å². The van der Waals surface area contributed by atoms with Gasteiger partial charge in [-0.1, -0.05) is 6.07 Å². The van der Waals surface area contributed by atoms with E-state index in [1.54, 1.807) is 12.1 Å². The molecular weight excluding hydrogens is 242 g/mol. The molecule has 19 heavy (non-hydrogen) atoms. The lowest BCUT2D eigenvalue weighted by Gasteiger charge is -2.19. The molecule has 0 saturated carbocycles. The third kappa shape index (κ3) is 2.16. The number of nitrogens with zero attached hydrogens (tertiary/aromatic N) is 3. The second-order valence-electron chi connectivity index (χ2n) is 4.63. The first-order valence-corrected chi connectivity index (χ1v) is 6.67. The fourth-order valence-corrected chi connectivity index (χ4v) is 2.48. The summed E-state index contributed by atoms with van der Waals surface area (Å²) in [5.74, 6) is 1.01. The van der Waals surface area contributed by atoms with Crippen molar-refractivity contribution in [2.75, 3.05) is 24.6 Å². The summed E-state index contributed by atoms with van der Waals surface area (Å²) < 4.78 is 5.42. The smallest absolute Gasteiger partial charge is 0.318 e. The van der Waals surface area contributed by atoms with Gasteiger partial charge in [0, 0.05) is 13.1 Å². The Bertz CT molecular complexity index is 595. The molecule has 1 aromatic heterocycles. The summed E-state index contributed by atoms with van der Waals surface area (Å²) in [6, 6.07) is 5.71. The number of hydrogen-bond donors (Lipinski definition) is 1. The van der Waals surface area contributed by atoms with Crippen LogP contribution in [-0.2, 0) is 0 Å². The van der Waals surface area contributed by atoms with Crippen LogP contribution >= 0.6 is 0 Å². The summed E-state index contributed by atoms with van der Waals surface area (Å²) in [6.45, 7) is 4.37. The Labute approximate surface area is 111 Å². The second kappa shape index (κ2) is 4.91. The number of rotatable bonds is 3. The quantitative estimate of drug-likeness (QED) is 0.916. The highest BCUT2D eigenvalue weighted by Crippen LogP contribution is 2.34. The number of phenolic OH excluding ortho intramolecular Hbond substituents is 1. The van der Waals surface area contributed by atoms with Crippen LogP contribution in [0.2, 0.25) is 0 Å². The van der Waals surface area contributed by atoms with Crippen molar-refractivity contribution in [3.8, 4) is 11.8 Å². The number of aromatic nitrogens is 2. The van der Waals surface area contributed by atoms with Crippen molar-refractivity contribution in [2.24, 2.45) is 0 Å². The maximum absolute atomic E-state index is 10.1. The zero-order valence-electron chi connectivity index (χ0n) is 11.0. The zero-order valence-corrected chi connectivity index (χ0v) is 11.0. The van der Waals surface area contributed by atoms with E-state index < -0.39 is 0 Å². The normalized spacial score (nSPS) is 15.1. The highest BCUT2D eigenvalue weighted by atomic mass is 16.5. The topological polar surface area (TPSA) is 58.5 Å². The maximum atomic E-state index is 10.1. The lowest BCUT2D eigenvalue weighted by molar-refractivity contribution is 0.314. The predicted octanol–water partition coefficient (Wildman–Crippen LogP) is 2.33. The van der Waals surface area contributed by atoms with Crippen LogP contribution in [0.4, 0.5) is 5.82 Å². The molecule has 0 amide bonds. The van der Waals surface area contributed by atoms with Crippen LogP contribution in [0.5, 0.6) is 11.8 Å². The maximum Gasteiger partial charge on any atom is 0.318 e. The molecular formula is C14H17N3O2. The summed E-state index contributed by atoms with van der Waals surface area (Å²) in [7, 11) is 0. The van der Waals surface area contributed by atoms with Crippen molar-refractivity contribution in [3.05, 3.63) is 18.2 Å². The molecule has 0 spiro atoms. The minimum Gasteiger partial charge on any atom is -0.507 e. The average Bonchev–Trinajstić information content (AvgIpc) is 2.92. The van der Waals surface area contributed by atoms with E-state index >= 15 is 0 Å². The Kier molecular flexibility index (Phi) is 3.11. The molecule has 1 aromatic carbocycles. The van der Waals surface area contributed by atoms with Gasteiger partial charge in [-0.15, -0.1) is 0 Å². The fourth-order valence-electron chi connectivity index (χ4n) is 2.48. The van der Waals surface area contributed by atoms with E-state index in [1.165, 1.54) is 0 Å². The van der Waals surface area contributed by atoms with Crippen molar-refractivity contribution in [2.45, 2.75) is 19.8 Å². The highest BCUT2D eigenvalue weighted by molar-refractivity contribution is 5.95. The van der Waals surface area contributed by atoms with Crippen LogP contribution in [0.25, 0.3) is 10.9 Å². The standard InChI is InChI=1S/C14H17N3O2/c1-2-19-14-15-10-6-5-7-11(18)12(10)13(16-14)17-8-3-4-9-17/h5-7,18H,2-4,8-9H2,1H3. The molecule has 2 aromatic rings. The number of anilines is 1. The van der Waals surface area contributed by atoms with Gasteiger partial charge in [0.15, 0.2) is 0 Å². The highest BCUT2D eigenvalue weighted by Gasteiger charge is 2.20. The van der Waals surface area contributed by atoms with Crippen molar-refractivity contribution in [3.63, 3.8) is 0 Å². The first-order chi connectivity index (χ1) is 9.29. The molecule has 0 radical (unpaired) electrons. The van der Waals surface area contributed by atoms with E-state index in [0.717, 1.165) is 37.3 Å². The summed E-state index contributed by atoms with van der Waals surface area (Å²) >= 11 is 0. The van der Waals surface area contributed by atoms with Crippen LogP contribution in [0.1, 0.15) is 19.8 Å². The van der Waals surface area contributed by atoms with E-state index in [2.05, 4.69) is 14.9 Å². The Hall–Kier alpha value is -2.04. The van der Waals surface area contributed by atoms with E-state index in [-0.39, 0.29) is 5.75 Å². The first kappa shape index (κ1) is 12.0. The molecule has 0 atom stereocenters. The van der Waals surface area contributed by atoms with E-state index in [0.29, 0.717) is 18.0 Å². The molecule has 1 fully saturated rings. The number of fused-ring (bicyclic) bond motifs is 1. The summed E-state index contributed by atoms with van der Waals surface area (Å²) in [4.78, 5) is 11.0. The Balaban J connectivity index is 2.19. The lowest BCUT2D eigenvalue weighted by Crippen LogP contribution is -2.20. The van der Waals surface area contributed by atoms with Gasteiger partial charge in [-0.3, -0.25) is 0 Å². The molecule has 1 saturated heterocycles. The van der Waals surface area contributed by atoms with Gasteiger partial charge in [-0.05, 0) is 31.9 Å². The SMILES string of the molecule is CCOc1nc(N2CCCC2)c2c(O)cccc2n1. The molecule has 1 aliphatic heterocycles. The number of hydrogen-bond acceptors (Lipinski definition) is 5. The third-order valence-electron chi connectivity index (χ3n) is 3.34. The predicted molar refractivity (Wildman–Crippen MR) is 73.8 cm³/mol. The molecule has 2 heterocycles. The van der Waals surface area contributed by atoms with Gasteiger partial charge in [0.25, 0.3) is 0 Å². The fraction of sp³-hybridized carbons (Fsp3) is 0.429. The van der Waals surface area contributed by atoms with Gasteiger partial charge in [0.1, 0.15) is 11.6 Å². The van der Waals surface area contributed by atoms with Crippen molar-refractivity contribution < 1.29 is 9.84 Å². The molecule has 1 aliphatic rings. The average molecular weight is 259 g/mol. The summed E-state index contributed by atoms with van der Waals surface area (Å²) in [5, 5.41) is 10.8. The van der Waals surface area contributed by atoms with Crippen LogP contribution in [-0.4, -0.2) is 34.8 Å². The van der Waals surface area contributed by atoms with Gasteiger partial charge in [0.2, 0.25) is 0 Å². The molecule has 5 nitrogen and oxygen atoms in total. The molecule has 3 rings (SSSR count). The summed E-state index contributed by atoms with van der Waals surface area (Å²) in [5.41, 5.74) is 0.723. The van der Waals surface area contributed by atoms with E-state index in [1.807, 2.05) is 13.0 Å². The molecule has 100 valence electrons. The van der Waals surface area contributed by atoms with Gasteiger partial charge < -0.3 is 14.7 Å². The monoisotopic (exact) mass is 259 g/mol. The minimum atomic E-state index is 0.224. The Morgan fingerprint density at radius 1 is 1.26 bits per heavy atom. The number of benzene rings is 1. The van der Waals surface area contributed by atoms with Gasteiger partial charge >= 0.3 is 6.01 Å². The Morgan fingerprint density at radius 2 is 2.05 bits per heavy atom. The molecule has 0 bridgehead atoms. The summed E-state index contributed by atoms with van der Waals surface area (Å²) in [6.07, 6.45) is 2.31. The zero-order chi connectivity index (χ0) is 13.2. The van der Waals surface area contributed by atoms with Crippen molar-refractivity contribution in [1.29, 1.82) is 0 Å². The van der Waals surface area contributed by atoms with E-state index in [9.17, 15) is 5.11 Å². The van der Waals surface area contributed by atoms with Crippen molar-refractivity contribution >= 4 is 16.7 Å². The van der Waals surface area contributed by atoms with Crippen LogP contribution in [0.15, 0.2) is 18.2 Å². The minimum absolute atomic E-state index is 0.224. The van der Waals surface area contributed by atoms with Crippen molar-refractivity contribution in [1.82, 2.24) is 9.97 Å². The number of aromatic hydroxyl groups is 1. The number of phenols is 1. The molecule has 1 N–H and O–H groups in total. The van der Waals surface area contributed by atoms with E-state index in [4.69, 9.17) is 4.74 Å². The first-order valence-electron chi connectivity index (χ1n) is 6.67. The Morgan fingerprint density at radius 3 is 2.79 bits per heavy atom. The van der Waals surface area contributed by atoms with Crippen LogP contribution < -0.4 is 9.64 Å². The third-order valence-corrected chi connectivity index (χ3v) is 3.34. The molecule has 0 aliphatic carbocycles. The van der Waals surface area contributed by atoms with Crippen LogP contribution in [0.3, 0.4) is 0 Å². The molecule has 0 unspecified atom stereocenters. The molecule has 5 heteroatoms. The largest absolute Gasteiger partial charge is 0.507 e.